The van der Waals surface area contributed by atoms with Gasteiger partial charge in [0, 0.05) is 22.5 Å². The molecule has 3 aliphatic rings. The number of ether oxygens (including phenoxy) is 2. The van der Waals surface area contributed by atoms with E-state index in [1.54, 1.807) is 54.7 Å². The van der Waals surface area contributed by atoms with E-state index < -0.39 is 28.8 Å². The zero-order chi connectivity index (χ0) is 27.7. The number of ketones is 3. The Labute approximate surface area is 227 Å². The molecule has 0 aromatic heterocycles. The molecule has 3 aromatic carbocycles. The molecule has 198 valence electrons. The molecule has 39 heavy (non-hydrogen) atoms. The summed E-state index contributed by atoms with van der Waals surface area (Å²) >= 11 is 0. The van der Waals surface area contributed by atoms with Crippen LogP contribution in [0, 0.1) is 10.8 Å². The van der Waals surface area contributed by atoms with Gasteiger partial charge in [-0.25, -0.2) is 0 Å². The molecule has 1 fully saturated rings. The minimum absolute atomic E-state index is 0.0998. The number of hydrazone groups is 1. The van der Waals surface area contributed by atoms with Crippen LogP contribution < -0.4 is 9.47 Å². The van der Waals surface area contributed by atoms with Crippen molar-refractivity contribution in [2.24, 2.45) is 15.9 Å². The average Bonchev–Trinajstić information content (AvgIpc) is 3.37. The molecule has 0 N–H and O–H groups in total. The highest BCUT2D eigenvalue weighted by Gasteiger charge is 2.73. The lowest BCUT2D eigenvalue weighted by molar-refractivity contribution is -0.131. The number of Topliss-reactive ketones (excluding diaryl/α,β-unsaturated/α-hetero) is 3. The van der Waals surface area contributed by atoms with Gasteiger partial charge in [-0.1, -0.05) is 75.4 Å². The van der Waals surface area contributed by atoms with Crippen molar-refractivity contribution in [2.45, 2.75) is 38.8 Å². The van der Waals surface area contributed by atoms with Crippen molar-refractivity contribution >= 4 is 23.6 Å². The van der Waals surface area contributed by atoms with Crippen LogP contribution in [0.5, 0.6) is 11.5 Å². The van der Waals surface area contributed by atoms with Crippen LogP contribution in [0.3, 0.4) is 0 Å². The molecule has 0 saturated carbocycles. The highest BCUT2D eigenvalue weighted by atomic mass is 16.5. The van der Waals surface area contributed by atoms with Crippen LogP contribution in [0.2, 0.25) is 0 Å². The Balaban J connectivity index is 1.71. The molecule has 0 amide bonds. The van der Waals surface area contributed by atoms with Gasteiger partial charge in [0.2, 0.25) is 0 Å². The molecule has 1 unspecified atom stereocenters. The summed E-state index contributed by atoms with van der Waals surface area (Å²) in [4.78, 5) is 43.7. The van der Waals surface area contributed by atoms with Crippen LogP contribution in [-0.4, -0.2) is 48.8 Å². The van der Waals surface area contributed by atoms with E-state index in [1.165, 1.54) is 7.11 Å². The predicted octanol–water partition coefficient (Wildman–Crippen LogP) is 5.24. The van der Waals surface area contributed by atoms with Gasteiger partial charge < -0.3 is 9.47 Å². The molecule has 2 heterocycles. The van der Waals surface area contributed by atoms with Crippen LogP contribution >= 0.6 is 0 Å². The Morgan fingerprint density at radius 2 is 1.49 bits per heavy atom. The van der Waals surface area contributed by atoms with Gasteiger partial charge in [-0.15, -0.1) is 0 Å². The van der Waals surface area contributed by atoms with Gasteiger partial charge >= 0.3 is 0 Å². The first-order valence-electron chi connectivity index (χ1n) is 13.0. The average molecular weight is 523 g/mol. The normalized spacial score (nSPS) is 22.5. The summed E-state index contributed by atoms with van der Waals surface area (Å²) in [6, 6.07) is 18.3. The number of hydrogen-bond acceptors (Lipinski definition) is 7. The van der Waals surface area contributed by atoms with E-state index in [1.807, 2.05) is 51.1 Å². The van der Waals surface area contributed by atoms with E-state index in [0.717, 1.165) is 11.1 Å². The minimum atomic E-state index is -1.61. The van der Waals surface area contributed by atoms with E-state index in [-0.39, 0.29) is 17.3 Å². The number of hydrogen-bond donors (Lipinski definition) is 0. The third kappa shape index (κ3) is 3.28. The van der Waals surface area contributed by atoms with Crippen molar-refractivity contribution in [1.82, 2.24) is 5.01 Å². The first-order valence-corrected chi connectivity index (χ1v) is 13.0. The smallest absolute Gasteiger partial charge is 0.180 e. The summed E-state index contributed by atoms with van der Waals surface area (Å²) in [5.74, 6) is -0.526. The molecule has 3 aromatic rings. The topological polar surface area (TPSA) is 85.3 Å². The molecule has 1 saturated heterocycles. The highest BCUT2D eigenvalue weighted by molar-refractivity contribution is 6.31. The highest BCUT2D eigenvalue weighted by Crippen LogP contribution is 2.65. The van der Waals surface area contributed by atoms with E-state index in [0.29, 0.717) is 28.2 Å². The lowest BCUT2D eigenvalue weighted by Gasteiger charge is -2.36. The first kappa shape index (κ1) is 25.0. The number of rotatable bonds is 4. The van der Waals surface area contributed by atoms with Crippen LogP contribution in [0.15, 0.2) is 71.8 Å². The van der Waals surface area contributed by atoms with Gasteiger partial charge in [0.05, 0.1) is 26.5 Å². The summed E-state index contributed by atoms with van der Waals surface area (Å²) in [5, 5.41) is 6.50. The lowest BCUT2D eigenvalue weighted by atomic mass is 9.62. The van der Waals surface area contributed by atoms with Gasteiger partial charge in [0.25, 0.3) is 0 Å². The zero-order valence-corrected chi connectivity index (χ0v) is 22.6. The molecule has 1 aliphatic carbocycles. The van der Waals surface area contributed by atoms with Crippen molar-refractivity contribution in [2.75, 3.05) is 14.2 Å². The van der Waals surface area contributed by atoms with Crippen molar-refractivity contribution in [3.8, 4) is 11.5 Å². The minimum Gasteiger partial charge on any atom is -0.493 e. The zero-order valence-electron chi connectivity index (χ0n) is 22.6. The predicted molar refractivity (Wildman–Crippen MR) is 147 cm³/mol. The van der Waals surface area contributed by atoms with E-state index >= 15 is 0 Å². The van der Waals surface area contributed by atoms with Crippen molar-refractivity contribution in [3.63, 3.8) is 0 Å². The summed E-state index contributed by atoms with van der Waals surface area (Å²) in [5.41, 5.74) is 0.656. The van der Waals surface area contributed by atoms with Crippen molar-refractivity contribution < 1.29 is 23.9 Å². The van der Waals surface area contributed by atoms with Gasteiger partial charge in [0.1, 0.15) is 11.5 Å². The third-order valence-corrected chi connectivity index (χ3v) is 8.35. The molecular formula is C32H30N2O5. The third-order valence-electron chi connectivity index (χ3n) is 8.35. The Morgan fingerprint density at radius 3 is 2.10 bits per heavy atom. The van der Waals surface area contributed by atoms with E-state index in [9.17, 15) is 14.4 Å². The monoisotopic (exact) mass is 522 g/mol. The standard InChI is InChI=1S/C32H30N2O5/c1-31(2,3)30(37)26-25(18-14-15-23(38-4)24(16-18)39-5)32(28(35)21-12-8-9-13-22(21)29(32)36)27-20-11-7-6-10-19(20)17-33-34(26)27/h6-17,25-27H,1-5H3/t25-,26+,27?/m1/s1. The SMILES string of the molecule is COc1ccc([C@@H]2[C@@H](C(=O)C(C)(C)C)N3N=Cc4ccccc4C3C23C(=O)c2ccccc2C3=O)cc1OC. The Bertz CT molecular complexity index is 1530. The van der Waals surface area contributed by atoms with E-state index in [4.69, 9.17) is 14.6 Å². The van der Waals surface area contributed by atoms with Crippen LogP contribution in [0.25, 0.3) is 0 Å². The van der Waals surface area contributed by atoms with Crippen molar-refractivity contribution in [1.29, 1.82) is 0 Å². The Morgan fingerprint density at radius 1 is 0.872 bits per heavy atom. The second-order valence-electron chi connectivity index (χ2n) is 11.4. The maximum absolute atomic E-state index is 14.7. The Hall–Kier alpha value is -4.26. The molecule has 1 spiro atoms. The number of fused-ring (bicyclic) bond motifs is 5. The van der Waals surface area contributed by atoms with E-state index in [2.05, 4.69) is 0 Å². The van der Waals surface area contributed by atoms with Gasteiger partial charge in [0.15, 0.2) is 28.8 Å². The van der Waals surface area contributed by atoms with Crippen molar-refractivity contribution in [3.05, 3.63) is 94.5 Å². The van der Waals surface area contributed by atoms with Gasteiger partial charge in [-0.05, 0) is 28.8 Å². The number of benzene rings is 3. The molecule has 2 aliphatic heterocycles. The summed E-state index contributed by atoms with van der Waals surface area (Å²) in [7, 11) is 3.09. The fraction of sp³-hybridized carbons (Fsp3) is 0.312. The second kappa shape index (κ2) is 8.63. The number of carbonyl (C=O) groups is 3. The number of methoxy groups -OCH3 is 2. The van der Waals surface area contributed by atoms with Gasteiger partial charge in [-0.3, -0.25) is 19.4 Å². The Kier molecular flexibility index (Phi) is 5.54. The number of carbonyl (C=O) groups excluding carboxylic acids is 3. The fourth-order valence-corrected chi connectivity index (χ4v) is 6.64. The maximum atomic E-state index is 14.7. The lowest BCUT2D eigenvalue weighted by Crippen LogP contribution is -2.45. The van der Waals surface area contributed by atoms with Crippen LogP contribution in [0.1, 0.15) is 70.1 Å². The molecule has 3 atom stereocenters. The molecule has 6 rings (SSSR count). The molecular weight excluding hydrogens is 492 g/mol. The summed E-state index contributed by atoms with van der Waals surface area (Å²) in [6.07, 6.45) is 1.72. The van der Waals surface area contributed by atoms with Crippen LogP contribution in [-0.2, 0) is 4.79 Å². The second-order valence-corrected chi connectivity index (χ2v) is 11.4. The molecule has 7 heteroatoms. The van der Waals surface area contributed by atoms with Gasteiger partial charge in [-0.2, -0.15) is 5.10 Å². The maximum Gasteiger partial charge on any atom is 0.180 e. The first-order chi connectivity index (χ1) is 18.7. The fourth-order valence-electron chi connectivity index (χ4n) is 6.64. The quantitative estimate of drug-likeness (QED) is 0.436. The summed E-state index contributed by atoms with van der Waals surface area (Å²) < 4.78 is 11.1. The molecule has 0 bridgehead atoms. The summed E-state index contributed by atoms with van der Waals surface area (Å²) in [6.45, 7) is 5.57. The van der Waals surface area contributed by atoms with Crippen LogP contribution in [0.4, 0.5) is 0 Å². The number of nitrogens with zero attached hydrogens (tertiary/aromatic N) is 2. The molecule has 0 radical (unpaired) electrons. The largest absolute Gasteiger partial charge is 0.493 e. The molecule has 7 nitrogen and oxygen atoms in total.